The Bertz CT molecular complexity index is 779. The monoisotopic (exact) mass is 499 g/mol. The first-order valence-electron chi connectivity index (χ1n) is 13.6. The van der Waals surface area contributed by atoms with E-state index in [1.807, 2.05) is 0 Å². The molecule has 1 aliphatic rings. The van der Waals surface area contributed by atoms with Crippen LogP contribution < -0.4 is 10.6 Å². The number of nitrogens with one attached hydrogen (secondary N) is 2. The quantitative estimate of drug-likeness (QED) is 0.186. The lowest BCUT2D eigenvalue weighted by atomic mass is 9.85. The maximum Gasteiger partial charge on any atom is 0.0763 e. The van der Waals surface area contributed by atoms with Gasteiger partial charge in [-0.1, -0.05) is 79.0 Å². The predicted molar refractivity (Wildman–Crippen MR) is 160 cm³/mol. The van der Waals surface area contributed by atoms with Crippen LogP contribution in [0, 0.1) is 5.41 Å². The molecule has 0 radical (unpaired) electrons. The van der Waals surface area contributed by atoms with Gasteiger partial charge < -0.3 is 25.3 Å². The number of hydrogen-bond acceptors (Lipinski definition) is 5. The molecule has 1 fully saturated rings. The fourth-order valence-electron chi connectivity index (χ4n) is 5.20. The van der Waals surface area contributed by atoms with Crippen molar-refractivity contribution in [1.82, 2.24) is 25.3 Å². The molecule has 1 aliphatic carbocycles. The van der Waals surface area contributed by atoms with Gasteiger partial charge in [0, 0.05) is 57.5 Å². The summed E-state index contributed by atoms with van der Waals surface area (Å²) in [6.07, 6.45) is 7.55. The molecule has 2 N–H and O–H groups in total. The largest absolute Gasteiger partial charge is 0.380 e. The predicted octanol–water partition coefficient (Wildman–Crippen LogP) is 6.12. The van der Waals surface area contributed by atoms with Gasteiger partial charge in [-0.15, -0.1) is 0 Å². The Hall–Kier alpha value is -2.14. The minimum absolute atomic E-state index is 0.118. The van der Waals surface area contributed by atoms with E-state index in [0.717, 1.165) is 68.0 Å². The summed E-state index contributed by atoms with van der Waals surface area (Å²) in [6, 6.07) is 0.118. The molecule has 0 bridgehead atoms. The zero-order valence-corrected chi connectivity index (χ0v) is 25.0. The molecule has 0 amide bonds. The van der Waals surface area contributed by atoms with Gasteiger partial charge in [0.25, 0.3) is 0 Å². The molecule has 1 unspecified atom stereocenters. The van der Waals surface area contributed by atoms with E-state index in [-0.39, 0.29) is 17.0 Å². The third-order valence-electron chi connectivity index (χ3n) is 7.26. The van der Waals surface area contributed by atoms with Crippen molar-refractivity contribution < 1.29 is 0 Å². The highest BCUT2D eigenvalue weighted by molar-refractivity contribution is 5.23. The Morgan fingerprint density at radius 3 is 2.06 bits per heavy atom. The molecule has 1 saturated carbocycles. The van der Waals surface area contributed by atoms with Gasteiger partial charge in [0.15, 0.2) is 0 Å². The minimum atomic E-state index is -0.133. The molecular weight excluding hydrogens is 442 g/mol. The van der Waals surface area contributed by atoms with Crippen molar-refractivity contribution in [2.45, 2.75) is 84.2 Å². The zero-order chi connectivity index (χ0) is 27.7. The fraction of sp³-hybridized carbons (Fsp3) is 0.677. The van der Waals surface area contributed by atoms with Crippen LogP contribution in [0.3, 0.4) is 0 Å². The van der Waals surface area contributed by atoms with E-state index < -0.39 is 0 Å². The Morgan fingerprint density at radius 2 is 1.56 bits per heavy atom. The zero-order valence-electron chi connectivity index (χ0n) is 25.0. The summed E-state index contributed by atoms with van der Waals surface area (Å²) in [4.78, 5) is 6.66. The van der Waals surface area contributed by atoms with Gasteiger partial charge in [0.2, 0.25) is 0 Å². The molecule has 1 atom stereocenters. The molecule has 5 nitrogen and oxygen atoms in total. The van der Waals surface area contributed by atoms with Crippen LogP contribution in [0.15, 0.2) is 61.3 Å². The molecule has 0 spiro atoms. The third kappa shape index (κ3) is 9.72. The van der Waals surface area contributed by atoms with Crippen LogP contribution in [-0.2, 0) is 0 Å². The summed E-state index contributed by atoms with van der Waals surface area (Å²) < 4.78 is 0. The Kier molecular flexibility index (Phi) is 12.4. The van der Waals surface area contributed by atoms with E-state index in [2.05, 4.69) is 114 Å². The molecule has 0 aromatic carbocycles. The maximum atomic E-state index is 4.57. The van der Waals surface area contributed by atoms with E-state index in [9.17, 15) is 0 Å². The van der Waals surface area contributed by atoms with E-state index in [4.69, 9.17) is 0 Å². The summed E-state index contributed by atoms with van der Waals surface area (Å²) in [6.45, 7) is 33.6. The molecule has 0 aliphatic heterocycles. The first-order valence-corrected chi connectivity index (χ1v) is 13.6. The van der Waals surface area contributed by atoms with E-state index >= 15 is 0 Å². The number of nitrogens with zero attached hydrogens (tertiary/aromatic N) is 3. The second-order valence-corrected chi connectivity index (χ2v) is 12.3. The topological polar surface area (TPSA) is 33.8 Å². The van der Waals surface area contributed by atoms with Crippen molar-refractivity contribution >= 4 is 0 Å². The number of likely N-dealkylation sites (N-methyl/N-ethyl adjacent to an activating group) is 3. The van der Waals surface area contributed by atoms with Crippen LogP contribution in [0.5, 0.6) is 0 Å². The van der Waals surface area contributed by atoms with Crippen LogP contribution >= 0.6 is 0 Å². The number of rotatable bonds is 17. The lowest BCUT2D eigenvalue weighted by molar-refractivity contribution is 0.248. The third-order valence-corrected chi connectivity index (χ3v) is 7.26. The molecule has 0 saturated heterocycles. The van der Waals surface area contributed by atoms with Crippen molar-refractivity contribution in [2.75, 3.05) is 47.8 Å². The first-order chi connectivity index (χ1) is 16.6. The summed E-state index contributed by atoms with van der Waals surface area (Å²) in [5, 5.41) is 7.22. The van der Waals surface area contributed by atoms with Crippen molar-refractivity contribution in [3.8, 4) is 0 Å². The lowest BCUT2D eigenvalue weighted by Gasteiger charge is -2.42. The average Bonchev–Trinajstić information content (AvgIpc) is 3.24. The Labute approximate surface area is 224 Å². The van der Waals surface area contributed by atoms with E-state index in [1.54, 1.807) is 0 Å². The normalized spacial score (nSPS) is 15.7. The van der Waals surface area contributed by atoms with Crippen molar-refractivity contribution in [3.63, 3.8) is 0 Å². The van der Waals surface area contributed by atoms with Crippen LogP contribution in [0.4, 0.5) is 0 Å². The minimum Gasteiger partial charge on any atom is -0.380 e. The van der Waals surface area contributed by atoms with Crippen molar-refractivity contribution in [2.24, 2.45) is 5.41 Å². The molecule has 206 valence electrons. The van der Waals surface area contributed by atoms with Gasteiger partial charge in [0.05, 0.1) is 18.1 Å². The van der Waals surface area contributed by atoms with Gasteiger partial charge in [0.1, 0.15) is 0 Å². The Morgan fingerprint density at radius 1 is 0.972 bits per heavy atom. The molecule has 36 heavy (non-hydrogen) atoms. The smallest absolute Gasteiger partial charge is 0.0763 e. The van der Waals surface area contributed by atoms with Crippen LogP contribution in [-0.4, -0.2) is 74.1 Å². The summed E-state index contributed by atoms with van der Waals surface area (Å²) in [5.74, 6) is 0. The van der Waals surface area contributed by atoms with Crippen LogP contribution in [0.2, 0.25) is 0 Å². The summed E-state index contributed by atoms with van der Waals surface area (Å²) in [7, 11) is 8.39. The van der Waals surface area contributed by atoms with Crippen molar-refractivity contribution in [1.29, 1.82) is 0 Å². The molecule has 5 heteroatoms. The maximum absolute atomic E-state index is 4.57. The highest BCUT2D eigenvalue weighted by Crippen LogP contribution is 2.37. The fourth-order valence-corrected chi connectivity index (χ4v) is 5.20. The standard InChI is InChI=1S/C31H57N5/c1-14-19-32-22-25(3)33-31(17-15-16-18-31)28(6)35(12)23-26(4)36(13)29(27(5)34(10)11)20-24(2)21-30(7,8)9/h29,32-33H,2-6,14-23H2,1,7-13H3. The van der Waals surface area contributed by atoms with Crippen LogP contribution in [0.1, 0.15) is 72.6 Å². The van der Waals surface area contributed by atoms with Gasteiger partial charge in [-0.25, -0.2) is 0 Å². The second-order valence-electron chi connectivity index (χ2n) is 12.3. The molecule has 1 rings (SSSR count). The van der Waals surface area contributed by atoms with Gasteiger partial charge in [-0.3, -0.25) is 0 Å². The molecule has 0 heterocycles. The lowest BCUT2D eigenvalue weighted by Crippen LogP contribution is -2.50. The van der Waals surface area contributed by atoms with Gasteiger partial charge in [-0.05, 0) is 44.1 Å². The first kappa shape index (κ1) is 31.9. The van der Waals surface area contributed by atoms with E-state index in [1.165, 1.54) is 18.4 Å². The average molecular weight is 500 g/mol. The van der Waals surface area contributed by atoms with E-state index in [0.29, 0.717) is 6.54 Å². The molecule has 0 aromatic rings. The molecule has 0 aromatic heterocycles. The van der Waals surface area contributed by atoms with Crippen LogP contribution in [0.25, 0.3) is 0 Å². The second kappa shape index (κ2) is 14.0. The van der Waals surface area contributed by atoms with Crippen molar-refractivity contribution in [3.05, 3.63) is 61.3 Å². The highest BCUT2D eigenvalue weighted by Gasteiger charge is 2.38. The summed E-state index contributed by atoms with van der Waals surface area (Å²) >= 11 is 0. The summed E-state index contributed by atoms with van der Waals surface area (Å²) in [5.41, 5.74) is 5.60. The number of hydrogen-bond donors (Lipinski definition) is 2. The SMILES string of the molecule is C=C(CC(C(=C)N(C)C)N(C)C(=C)CN(C)C(=C)C1(NC(=C)CNCCC)CCCC1)CC(C)(C)C. The molecular formula is C31H57N5. The van der Waals surface area contributed by atoms with Gasteiger partial charge >= 0.3 is 0 Å². The highest BCUT2D eigenvalue weighted by atomic mass is 15.2. The van der Waals surface area contributed by atoms with Gasteiger partial charge in [-0.2, -0.15) is 0 Å². The Balaban J connectivity index is 2.94.